The second-order valence-corrected chi connectivity index (χ2v) is 10.9. The fourth-order valence-corrected chi connectivity index (χ4v) is 5.74. The quantitative estimate of drug-likeness (QED) is 0.340. The molecule has 10 nitrogen and oxygen atoms in total. The van der Waals surface area contributed by atoms with E-state index in [1.165, 1.54) is 17.3 Å². The summed E-state index contributed by atoms with van der Waals surface area (Å²) in [6.45, 7) is 6.94. The number of halogens is 4. The molecule has 1 atom stereocenters. The number of hydrogen-bond acceptors (Lipinski definition) is 7. The lowest BCUT2D eigenvalue weighted by Gasteiger charge is -2.31. The molecular formula is C26H30ClF3N8O2. The van der Waals surface area contributed by atoms with Gasteiger partial charge in [0.25, 0.3) is 5.89 Å². The number of aliphatic imine (C=N–C) groups is 1. The van der Waals surface area contributed by atoms with Crippen molar-refractivity contribution in [3.8, 4) is 0 Å². The number of alkyl halides is 3. The van der Waals surface area contributed by atoms with Crippen molar-refractivity contribution in [3.05, 3.63) is 56.2 Å². The van der Waals surface area contributed by atoms with E-state index >= 15 is 0 Å². The number of H-pyrrole nitrogens is 1. The summed E-state index contributed by atoms with van der Waals surface area (Å²) in [7, 11) is 0. The van der Waals surface area contributed by atoms with E-state index < -0.39 is 18.0 Å². The van der Waals surface area contributed by atoms with Gasteiger partial charge in [-0.05, 0) is 43.6 Å². The lowest BCUT2D eigenvalue weighted by Crippen LogP contribution is -2.43. The fourth-order valence-electron chi connectivity index (χ4n) is 5.57. The molecule has 5 rings (SSSR count). The van der Waals surface area contributed by atoms with Crippen LogP contribution in [0.5, 0.6) is 0 Å². The summed E-state index contributed by atoms with van der Waals surface area (Å²) < 4.78 is 48.9. The number of nitrogens with one attached hydrogen (secondary N) is 1. The average molecular weight is 579 g/mol. The van der Waals surface area contributed by atoms with Gasteiger partial charge in [0.15, 0.2) is 5.84 Å². The van der Waals surface area contributed by atoms with E-state index in [0.29, 0.717) is 34.8 Å². The van der Waals surface area contributed by atoms with Crippen molar-refractivity contribution in [2.75, 3.05) is 11.4 Å². The molecule has 4 heterocycles. The van der Waals surface area contributed by atoms with Crippen LogP contribution >= 0.6 is 11.6 Å². The zero-order chi connectivity index (χ0) is 28.6. The minimum absolute atomic E-state index is 0.0167. The number of pyridine rings is 1. The molecule has 0 spiro atoms. The molecular weight excluding hydrogens is 549 g/mol. The maximum Gasteiger partial charge on any atom is 0.434 e. The zero-order valence-electron chi connectivity index (χ0n) is 21.9. The maximum absolute atomic E-state index is 14.1. The van der Waals surface area contributed by atoms with Crippen molar-refractivity contribution in [2.45, 2.75) is 64.2 Å². The summed E-state index contributed by atoms with van der Waals surface area (Å²) in [5.74, 6) is -0.287. The molecule has 0 amide bonds. The Balaban J connectivity index is 1.77. The number of imidazole rings is 1. The first kappa shape index (κ1) is 27.9. The minimum Gasteiger partial charge on any atom is -0.384 e. The van der Waals surface area contributed by atoms with Crippen LogP contribution in [-0.4, -0.2) is 49.3 Å². The van der Waals surface area contributed by atoms with E-state index in [1.54, 1.807) is 10.6 Å². The Bertz CT molecular complexity index is 1570. The van der Waals surface area contributed by atoms with Crippen LogP contribution in [0, 0.1) is 11.8 Å². The molecule has 0 aromatic carbocycles. The summed E-state index contributed by atoms with van der Waals surface area (Å²) >= 11 is 6.26. The molecule has 3 N–H and O–H groups in total. The first-order chi connectivity index (χ1) is 19.0. The van der Waals surface area contributed by atoms with E-state index in [-0.39, 0.29) is 47.6 Å². The summed E-state index contributed by atoms with van der Waals surface area (Å²) in [5.41, 5.74) is 6.83. The molecule has 1 aliphatic heterocycles. The first-order valence-corrected chi connectivity index (χ1v) is 13.5. The largest absolute Gasteiger partial charge is 0.434 e. The van der Waals surface area contributed by atoms with Gasteiger partial charge in [-0.1, -0.05) is 37.9 Å². The monoisotopic (exact) mass is 578 g/mol. The Kier molecular flexibility index (Phi) is 7.76. The number of hydrogen-bond donors (Lipinski definition) is 2. The Morgan fingerprint density at radius 1 is 1.27 bits per heavy atom. The summed E-state index contributed by atoms with van der Waals surface area (Å²) in [6.07, 6.45) is 2.84. The van der Waals surface area contributed by atoms with Crippen LogP contribution < -0.4 is 27.1 Å². The molecule has 2 aliphatic rings. The number of rotatable bonds is 6. The van der Waals surface area contributed by atoms with Crippen LogP contribution in [0.4, 0.5) is 19.1 Å². The predicted molar refractivity (Wildman–Crippen MR) is 144 cm³/mol. The highest BCUT2D eigenvalue weighted by Gasteiger charge is 2.47. The second-order valence-electron chi connectivity index (χ2n) is 10.5. The highest BCUT2D eigenvalue weighted by atomic mass is 35.5. The molecule has 14 heteroatoms. The lowest BCUT2D eigenvalue weighted by molar-refractivity contribution is -0.146. The smallest absolute Gasteiger partial charge is 0.384 e. The van der Waals surface area contributed by atoms with Crippen molar-refractivity contribution in [3.63, 3.8) is 0 Å². The molecule has 3 aromatic rings. The van der Waals surface area contributed by atoms with Gasteiger partial charge in [-0.2, -0.15) is 13.2 Å². The van der Waals surface area contributed by atoms with E-state index in [2.05, 4.69) is 38.7 Å². The molecule has 3 aromatic heterocycles. The maximum atomic E-state index is 14.1. The molecule has 1 aliphatic carbocycles. The van der Waals surface area contributed by atoms with Crippen LogP contribution in [-0.2, 0) is 6.54 Å². The lowest BCUT2D eigenvalue weighted by atomic mass is 9.83. The van der Waals surface area contributed by atoms with Crippen LogP contribution in [0.3, 0.4) is 0 Å². The van der Waals surface area contributed by atoms with E-state index in [9.17, 15) is 18.0 Å². The third kappa shape index (κ3) is 5.79. The van der Waals surface area contributed by atoms with Crippen LogP contribution in [0.1, 0.15) is 56.9 Å². The fraction of sp³-hybridized carbons (Fsp3) is 0.500. The summed E-state index contributed by atoms with van der Waals surface area (Å²) in [6, 6.07) is -0.0513. The topological polar surface area (TPSA) is 131 Å². The number of amidine groups is 1. The van der Waals surface area contributed by atoms with Crippen molar-refractivity contribution in [1.29, 1.82) is 0 Å². The van der Waals surface area contributed by atoms with Gasteiger partial charge in [-0.25, -0.2) is 19.9 Å². The van der Waals surface area contributed by atoms with Gasteiger partial charge in [0.2, 0.25) is 5.95 Å². The number of nitrogens with zero attached hydrogens (tertiary/aromatic N) is 6. The molecule has 1 saturated heterocycles. The second kappa shape index (κ2) is 11.1. The standard InChI is InChI=1S/C26H30ClF3N8O2/c1-14-5-7-16(8-6-14)13-38-21(15(2)33-24(38)37-9-3-4-19(37)26(28,29)30)20(17-10-18(27)12-32-11-17)34-22(31)23-35-36-25(39)40-23/h10-12,14,16,19H,2-9,13H2,1H3,(H2,31,34)(H,36,39)/b21-20+/t14-,16-,19-/m0/s1. The predicted octanol–water partition coefficient (Wildman–Crippen LogP) is 2.94. The van der Waals surface area contributed by atoms with Gasteiger partial charge < -0.3 is 19.6 Å². The normalized spacial score (nSPS) is 23.1. The van der Waals surface area contributed by atoms with E-state index in [4.69, 9.17) is 21.8 Å². The summed E-state index contributed by atoms with van der Waals surface area (Å²) in [4.78, 5) is 26.1. The molecule has 0 radical (unpaired) electrons. The van der Waals surface area contributed by atoms with Crippen molar-refractivity contribution < 1.29 is 17.6 Å². The third-order valence-electron chi connectivity index (χ3n) is 7.58. The van der Waals surface area contributed by atoms with E-state index in [1.807, 2.05) is 0 Å². The van der Waals surface area contributed by atoms with Gasteiger partial charge in [0, 0.05) is 31.0 Å². The molecule has 0 bridgehead atoms. The number of anilines is 1. The number of aromatic amines is 1. The van der Waals surface area contributed by atoms with Gasteiger partial charge in [0.1, 0.15) is 11.7 Å². The van der Waals surface area contributed by atoms with Crippen LogP contribution in [0.15, 0.2) is 32.7 Å². The van der Waals surface area contributed by atoms with E-state index in [0.717, 1.165) is 25.7 Å². The molecule has 1 saturated carbocycles. The van der Waals surface area contributed by atoms with Crippen molar-refractivity contribution in [1.82, 2.24) is 24.7 Å². The first-order valence-electron chi connectivity index (χ1n) is 13.2. The Morgan fingerprint density at radius 3 is 2.67 bits per heavy atom. The highest BCUT2D eigenvalue weighted by molar-refractivity contribution is 6.30. The van der Waals surface area contributed by atoms with Crippen molar-refractivity contribution in [2.24, 2.45) is 22.6 Å². The minimum atomic E-state index is -4.42. The SMILES string of the molecule is C=c1nc(N2CCC[C@H]2C(F)(F)F)n(C[C@H]2CC[C@H](C)CC2)/c1=C(/N=C(\N)c1n[nH]c(=O)o1)c1cncc(Cl)c1. The number of nitrogens with two attached hydrogens (primary N) is 1. The van der Waals surface area contributed by atoms with Gasteiger partial charge >= 0.3 is 11.9 Å². The Hall–Kier alpha value is -3.61. The summed E-state index contributed by atoms with van der Waals surface area (Å²) in [5, 5.41) is 6.79. The molecule has 214 valence electrons. The Labute approximate surface area is 232 Å². The zero-order valence-corrected chi connectivity index (χ0v) is 22.7. The van der Waals surface area contributed by atoms with Crippen LogP contribution in [0.25, 0.3) is 12.3 Å². The molecule has 40 heavy (non-hydrogen) atoms. The molecule has 2 fully saturated rings. The third-order valence-corrected chi connectivity index (χ3v) is 7.78. The van der Waals surface area contributed by atoms with Gasteiger partial charge in [-0.3, -0.25) is 4.98 Å². The van der Waals surface area contributed by atoms with Gasteiger partial charge in [-0.15, -0.1) is 5.10 Å². The average Bonchev–Trinajstić information content (AvgIpc) is 3.63. The number of aromatic nitrogens is 5. The van der Waals surface area contributed by atoms with Crippen LogP contribution in [0.2, 0.25) is 5.02 Å². The van der Waals surface area contributed by atoms with Gasteiger partial charge in [0.05, 0.1) is 15.7 Å². The highest BCUT2D eigenvalue weighted by Crippen LogP contribution is 2.36. The molecule has 0 unspecified atom stereocenters. The Morgan fingerprint density at radius 2 is 2.02 bits per heavy atom. The van der Waals surface area contributed by atoms with Crippen molar-refractivity contribution >= 4 is 35.7 Å².